The van der Waals surface area contributed by atoms with Crippen molar-refractivity contribution in [2.75, 3.05) is 6.54 Å². The van der Waals surface area contributed by atoms with E-state index in [1.807, 2.05) is 6.21 Å². The fourth-order valence-corrected chi connectivity index (χ4v) is 0.908. The Bertz CT molecular complexity index is 144. The first-order valence-electron chi connectivity index (χ1n) is 4.77. The Morgan fingerprint density at radius 2 is 2.17 bits per heavy atom. The molecule has 0 aromatic carbocycles. The molecule has 0 aromatic heterocycles. The lowest BCUT2D eigenvalue weighted by atomic mass is 10.2. The molecule has 0 saturated carbocycles. The second kappa shape index (κ2) is 10.2. The highest BCUT2D eigenvalue weighted by molar-refractivity contribution is 5.56. The summed E-state index contributed by atoms with van der Waals surface area (Å²) >= 11 is 0. The van der Waals surface area contributed by atoms with Crippen molar-refractivity contribution in [2.45, 2.75) is 45.4 Å². The second-order valence-electron chi connectivity index (χ2n) is 2.85. The van der Waals surface area contributed by atoms with Crippen molar-refractivity contribution in [3.63, 3.8) is 0 Å². The van der Waals surface area contributed by atoms with Crippen LogP contribution in [0.2, 0.25) is 0 Å². The summed E-state index contributed by atoms with van der Waals surface area (Å²) in [5.74, 6) is 0. The third-order valence-corrected chi connectivity index (χ3v) is 1.64. The van der Waals surface area contributed by atoms with Crippen molar-refractivity contribution in [1.29, 1.82) is 5.26 Å². The van der Waals surface area contributed by atoms with E-state index in [1.54, 1.807) is 0 Å². The van der Waals surface area contributed by atoms with Crippen molar-refractivity contribution >= 4 is 6.21 Å². The summed E-state index contributed by atoms with van der Waals surface area (Å²) in [6.07, 6.45) is 8.24. The van der Waals surface area contributed by atoms with Gasteiger partial charge in [-0.05, 0) is 25.5 Å². The minimum absolute atomic E-state index is 0.654. The van der Waals surface area contributed by atoms with Crippen LogP contribution in [-0.2, 0) is 0 Å². The molecule has 0 amide bonds. The molecule has 0 heterocycles. The molecule has 2 nitrogen and oxygen atoms in total. The molecule has 0 aliphatic carbocycles. The number of rotatable bonds is 7. The maximum atomic E-state index is 8.24. The fraction of sp³-hybridized carbons (Fsp3) is 0.800. The Balaban J connectivity index is 2.99. The summed E-state index contributed by atoms with van der Waals surface area (Å²) in [6.45, 7) is 3.15. The third-order valence-electron chi connectivity index (χ3n) is 1.64. The van der Waals surface area contributed by atoms with Gasteiger partial charge in [0.2, 0.25) is 0 Å². The normalized spacial score (nSPS) is 10.3. The van der Waals surface area contributed by atoms with Crippen LogP contribution in [0.3, 0.4) is 0 Å². The van der Waals surface area contributed by atoms with Crippen LogP contribution in [-0.4, -0.2) is 12.8 Å². The predicted octanol–water partition coefficient (Wildman–Crippen LogP) is 2.94. The van der Waals surface area contributed by atoms with Crippen LogP contribution in [0.25, 0.3) is 0 Å². The molecule has 0 aliphatic heterocycles. The van der Waals surface area contributed by atoms with Gasteiger partial charge in [0.05, 0.1) is 6.07 Å². The molecule has 0 unspecified atom stereocenters. The van der Waals surface area contributed by atoms with Crippen molar-refractivity contribution < 1.29 is 0 Å². The van der Waals surface area contributed by atoms with Crippen molar-refractivity contribution in [1.82, 2.24) is 0 Å². The average Bonchev–Trinajstić information content (AvgIpc) is 2.10. The summed E-state index contributed by atoms with van der Waals surface area (Å²) in [7, 11) is 0. The van der Waals surface area contributed by atoms with E-state index in [0.717, 1.165) is 19.4 Å². The zero-order valence-electron chi connectivity index (χ0n) is 7.92. The van der Waals surface area contributed by atoms with Gasteiger partial charge in [-0.3, -0.25) is 4.99 Å². The van der Waals surface area contributed by atoms with E-state index in [2.05, 4.69) is 18.0 Å². The minimum atomic E-state index is 0.654. The minimum Gasteiger partial charge on any atom is -0.298 e. The Morgan fingerprint density at radius 3 is 2.83 bits per heavy atom. The third kappa shape index (κ3) is 9.16. The topological polar surface area (TPSA) is 36.1 Å². The van der Waals surface area contributed by atoms with Gasteiger partial charge in [-0.1, -0.05) is 19.8 Å². The first kappa shape index (κ1) is 11.2. The molecular weight excluding hydrogens is 148 g/mol. The van der Waals surface area contributed by atoms with E-state index in [9.17, 15) is 0 Å². The van der Waals surface area contributed by atoms with E-state index in [0.29, 0.717) is 6.42 Å². The molecule has 0 N–H and O–H groups in total. The highest BCUT2D eigenvalue weighted by Gasteiger charge is 1.83. The zero-order chi connectivity index (χ0) is 9.07. The van der Waals surface area contributed by atoms with Crippen molar-refractivity contribution in [2.24, 2.45) is 4.99 Å². The lowest BCUT2D eigenvalue weighted by Gasteiger charge is -1.91. The molecule has 0 bridgehead atoms. The maximum Gasteiger partial charge on any atom is 0.0621 e. The standard InChI is InChI=1S/C10H18N2/c1-2-3-6-9-12-10-7-4-5-8-11/h10H,2-7,9H2,1H3. The first-order valence-corrected chi connectivity index (χ1v) is 4.77. The molecule has 0 saturated heterocycles. The lowest BCUT2D eigenvalue weighted by molar-refractivity contribution is 0.727. The molecule has 0 aromatic rings. The Kier molecular flexibility index (Phi) is 9.45. The molecule has 0 fully saturated rings. The Hall–Kier alpha value is -0.840. The smallest absolute Gasteiger partial charge is 0.0621 e. The van der Waals surface area contributed by atoms with Gasteiger partial charge in [0.1, 0.15) is 0 Å². The van der Waals surface area contributed by atoms with Crippen LogP contribution in [0.5, 0.6) is 0 Å². The number of hydrogen-bond donors (Lipinski definition) is 0. The largest absolute Gasteiger partial charge is 0.298 e. The number of nitriles is 1. The maximum absolute atomic E-state index is 8.24. The molecule has 0 atom stereocenters. The molecule has 0 rings (SSSR count). The first-order chi connectivity index (χ1) is 5.91. The zero-order valence-corrected chi connectivity index (χ0v) is 7.92. The summed E-state index contributed by atoms with van der Waals surface area (Å²) in [4.78, 5) is 4.25. The monoisotopic (exact) mass is 166 g/mol. The molecule has 0 radical (unpaired) electrons. The number of hydrogen-bond acceptors (Lipinski definition) is 2. The van der Waals surface area contributed by atoms with E-state index < -0.39 is 0 Å². The summed E-state index contributed by atoms with van der Waals surface area (Å²) in [5, 5.41) is 8.24. The highest BCUT2D eigenvalue weighted by Crippen LogP contribution is 1.94. The van der Waals surface area contributed by atoms with Gasteiger partial charge < -0.3 is 0 Å². The second-order valence-corrected chi connectivity index (χ2v) is 2.85. The molecule has 0 spiro atoms. The van der Waals surface area contributed by atoms with Gasteiger partial charge in [-0.25, -0.2) is 0 Å². The number of nitrogens with zero attached hydrogens (tertiary/aromatic N) is 2. The quantitative estimate of drug-likeness (QED) is 0.423. The van der Waals surface area contributed by atoms with Crippen LogP contribution in [0, 0.1) is 11.3 Å². The molecule has 68 valence electrons. The van der Waals surface area contributed by atoms with Gasteiger partial charge in [0.25, 0.3) is 0 Å². The number of aliphatic imine (C=N–C) groups is 1. The molecular formula is C10H18N2. The fourth-order valence-electron chi connectivity index (χ4n) is 0.908. The Labute approximate surface area is 75.3 Å². The van der Waals surface area contributed by atoms with Crippen LogP contribution in [0.1, 0.15) is 45.4 Å². The highest BCUT2D eigenvalue weighted by atomic mass is 14.7. The van der Waals surface area contributed by atoms with Gasteiger partial charge in [0, 0.05) is 13.0 Å². The van der Waals surface area contributed by atoms with Crippen LogP contribution in [0.4, 0.5) is 0 Å². The van der Waals surface area contributed by atoms with E-state index in [4.69, 9.17) is 5.26 Å². The number of unbranched alkanes of at least 4 members (excludes halogenated alkanes) is 4. The predicted molar refractivity (Wildman–Crippen MR) is 52.3 cm³/mol. The average molecular weight is 166 g/mol. The van der Waals surface area contributed by atoms with Gasteiger partial charge in [-0.2, -0.15) is 5.26 Å². The van der Waals surface area contributed by atoms with Crippen molar-refractivity contribution in [3.8, 4) is 6.07 Å². The summed E-state index contributed by atoms with van der Waals surface area (Å²) in [6, 6.07) is 2.12. The van der Waals surface area contributed by atoms with E-state index in [-0.39, 0.29) is 0 Å². The molecule has 12 heavy (non-hydrogen) atoms. The molecule has 2 heteroatoms. The van der Waals surface area contributed by atoms with Crippen molar-refractivity contribution in [3.05, 3.63) is 0 Å². The van der Waals surface area contributed by atoms with Crippen LogP contribution >= 0.6 is 0 Å². The lowest BCUT2D eigenvalue weighted by Crippen LogP contribution is -1.82. The van der Waals surface area contributed by atoms with E-state index in [1.165, 1.54) is 19.3 Å². The van der Waals surface area contributed by atoms with Gasteiger partial charge in [0.15, 0.2) is 0 Å². The van der Waals surface area contributed by atoms with Crippen LogP contribution in [0.15, 0.2) is 4.99 Å². The summed E-state index contributed by atoms with van der Waals surface area (Å²) < 4.78 is 0. The van der Waals surface area contributed by atoms with Crippen LogP contribution < -0.4 is 0 Å². The van der Waals surface area contributed by atoms with E-state index >= 15 is 0 Å². The SMILES string of the molecule is CCCCCN=CCCCC#N. The van der Waals surface area contributed by atoms with Gasteiger partial charge >= 0.3 is 0 Å². The summed E-state index contributed by atoms with van der Waals surface area (Å²) in [5.41, 5.74) is 0. The van der Waals surface area contributed by atoms with Gasteiger partial charge in [-0.15, -0.1) is 0 Å². The molecule has 0 aliphatic rings. The Morgan fingerprint density at radius 1 is 1.33 bits per heavy atom.